The minimum absolute atomic E-state index is 0.00587. The number of carbonyl (C=O) groups is 1. The van der Waals surface area contributed by atoms with E-state index in [1.807, 2.05) is 42.5 Å². The lowest BCUT2D eigenvalue weighted by Crippen LogP contribution is -2.19. The van der Waals surface area contributed by atoms with E-state index in [4.69, 9.17) is 0 Å². The van der Waals surface area contributed by atoms with Crippen LogP contribution in [0.5, 0.6) is 0 Å². The lowest BCUT2D eigenvalue weighted by atomic mass is 10.0. The van der Waals surface area contributed by atoms with Crippen molar-refractivity contribution >= 4 is 28.1 Å². The molecular formula is C21H19F3N2O. The molecular weight excluding hydrogens is 353 g/mol. The molecule has 0 radical (unpaired) electrons. The summed E-state index contributed by atoms with van der Waals surface area (Å²) >= 11 is 0. The van der Waals surface area contributed by atoms with Crippen molar-refractivity contribution in [3.8, 4) is 0 Å². The topological polar surface area (TPSA) is 32.3 Å². The van der Waals surface area contributed by atoms with Crippen molar-refractivity contribution in [2.75, 3.05) is 24.3 Å². The number of amides is 1. The standard InChI is InChI=1S/C21H19F3N2O/c1-26(2)16-10-11-19(18(13-16)21(22,23)24)25-20(27)12-15-8-5-7-14-6-3-4-9-17(14)15/h3-11,13H,12H2,1-2H3,(H,25,27). The van der Waals surface area contributed by atoms with Gasteiger partial charge < -0.3 is 10.2 Å². The van der Waals surface area contributed by atoms with Crippen LogP contribution >= 0.6 is 0 Å². The quantitative estimate of drug-likeness (QED) is 0.691. The highest BCUT2D eigenvalue weighted by Crippen LogP contribution is 2.37. The van der Waals surface area contributed by atoms with Gasteiger partial charge in [0.25, 0.3) is 0 Å². The van der Waals surface area contributed by atoms with Crippen LogP contribution in [0.3, 0.4) is 0 Å². The van der Waals surface area contributed by atoms with Gasteiger partial charge in [-0.1, -0.05) is 42.5 Å². The number of halogens is 3. The number of hydrogen-bond acceptors (Lipinski definition) is 2. The zero-order chi connectivity index (χ0) is 19.6. The lowest BCUT2D eigenvalue weighted by molar-refractivity contribution is -0.136. The van der Waals surface area contributed by atoms with Crippen molar-refractivity contribution in [3.05, 3.63) is 71.8 Å². The summed E-state index contributed by atoms with van der Waals surface area (Å²) in [5.41, 5.74) is 0.0803. The molecule has 0 aliphatic carbocycles. The van der Waals surface area contributed by atoms with E-state index in [0.29, 0.717) is 5.69 Å². The summed E-state index contributed by atoms with van der Waals surface area (Å²) in [6, 6.07) is 17.0. The number of nitrogens with one attached hydrogen (secondary N) is 1. The summed E-state index contributed by atoms with van der Waals surface area (Å²) in [6.07, 6.45) is -4.57. The molecule has 3 nitrogen and oxygen atoms in total. The number of benzene rings is 3. The molecule has 0 aliphatic heterocycles. The number of alkyl halides is 3. The molecule has 3 aromatic carbocycles. The number of fused-ring (bicyclic) bond motifs is 1. The monoisotopic (exact) mass is 372 g/mol. The molecule has 140 valence electrons. The third kappa shape index (κ3) is 4.22. The van der Waals surface area contributed by atoms with Gasteiger partial charge in [0.2, 0.25) is 5.91 Å². The summed E-state index contributed by atoms with van der Waals surface area (Å²) in [5, 5.41) is 4.31. The highest BCUT2D eigenvalue weighted by molar-refractivity contribution is 5.96. The molecule has 27 heavy (non-hydrogen) atoms. The predicted molar refractivity (Wildman–Crippen MR) is 102 cm³/mol. The fourth-order valence-electron chi connectivity index (χ4n) is 2.97. The minimum Gasteiger partial charge on any atom is -0.378 e. The molecule has 0 heterocycles. The molecule has 3 rings (SSSR count). The predicted octanol–water partition coefficient (Wildman–Crippen LogP) is 5.11. The zero-order valence-corrected chi connectivity index (χ0v) is 15.0. The van der Waals surface area contributed by atoms with Gasteiger partial charge in [-0.3, -0.25) is 4.79 Å². The Labute approximate surface area is 155 Å². The highest BCUT2D eigenvalue weighted by atomic mass is 19.4. The Balaban J connectivity index is 1.87. The number of anilines is 2. The van der Waals surface area contributed by atoms with E-state index in [-0.39, 0.29) is 12.1 Å². The molecule has 6 heteroatoms. The molecule has 3 aromatic rings. The van der Waals surface area contributed by atoms with Crippen LogP contribution in [0.25, 0.3) is 10.8 Å². The first-order chi connectivity index (χ1) is 12.8. The maximum Gasteiger partial charge on any atom is 0.418 e. The van der Waals surface area contributed by atoms with Gasteiger partial charge in [-0.05, 0) is 34.5 Å². The van der Waals surface area contributed by atoms with E-state index < -0.39 is 17.6 Å². The van der Waals surface area contributed by atoms with Crippen LogP contribution in [0, 0.1) is 0 Å². The van der Waals surface area contributed by atoms with Crippen LogP contribution < -0.4 is 10.2 Å². The largest absolute Gasteiger partial charge is 0.418 e. The Morgan fingerprint density at radius 1 is 1.00 bits per heavy atom. The summed E-state index contributed by atoms with van der Waals surface area (Å²) < 4.78 is 40.2. The maximum atomic E-state index is 13.4. The number of hydrogen-bond donors (Lipinski definition) is 1. The molecule has 0 saturated carbocycles. The molecule has 1 amide bonds. The van der Waals surface area contributed by atoms with Crippen molar-refractivity contribution in [3.63, 3.8) is 0 Å². The fourth-order valence-corrected chi connectivity index (χ4v) is 2.97. The Bertz CT molecular complexity index is 975. The first kappa shape index (κ1) is 18.8. The molecule has 1 N–H and O–H groups in total. The molecule has 0 atom stereocenters. The second kappa shape index (κ2) is 7.31. The molecule has 0 fully saturated rings. The number of rotatable bonds is 4. The SMILES string of the molecule is CN(C)c1ccc(NC(=O)Cc2cccc3ccccc23)c(C(F)(F)F)c1. The van der Waals surface area contributed by atoms with Gasteiger partial charge in [-0.2, -0.15) is 13.2 Å². The Morgan fingerprint density at radius 3 is 2.41 bits per heavy atom. The normalized spacial score (nSPS) is 11.4. The number of nitrogens with zero attached hydrogens (tertiary/aromatic N) is 1. The van der Waals surface area contributed by atoms with Crippen LogP contribution in [0.1, 0.15) is 11.1 Å². The van der Waals surface area contributed by atoms with Crippen LogP contribution in [0.2, 0.25) is 0 Å². The third-order valence-electron chi connectivity index (χ3n) is 4.33. The average Bonchev–Trinajstić information content (AvgIpc) is 2.61. The van der Waals surface area contributed by atoms with Gasteiger partial charge in [-0.15, -0.1) is 0 Å². The second-order valence-electron chi connectivity index (χ2n) is 6.49. The Hall–Kier alpha value is -3.02. The van der Waals surface area contributed by atoms with Crippen molar-refractivity contribution in [1.82, 2.24) is 0 Å². The van der Waals surface area contributed by atoms with Crippen LogP contribution in [-0.4, -0.2) is 20.0 Å². The van der Waals surface area contributed by atoms with E-state index in [9.17, 15) is 18.0 Å². The molecule has 0 aromatic heterocycles. The van der Waals surface area contributed by atoms with Crippen molar-refractivity contribution < 1.29 is 18.0 Å². The van der Waals surface area contributed by atoms with E-state index >= 15 is 0 Å². The van der Waals surface area contributed by atoms with Crippen LogP contribution in [-0.2, 0) is 17.4 Å². The molecule has 0 unspecified atom stereocenters. The summed E-state index contributed by atoms with van der Waals surface area (Å²) in [5.74, 6) is -0.491. The van der Waals surface area contributed by atoms with Gasteiger partial charge >= 0.3 is 6.18 Å². The van der Waals surface area contributed by atoms with Crippen molar-refractivity contribution in [2.24, 2.45) is 0 Å². The van der Waals surface area contributed by atoms with E-state index in [0.717, 1.165) is 22.4 Å². The van der Waals surface area contributed by atoms with E-state index in [1.165, 1.54) is 6.07 Å². The van der Waals surface area contributed by atoms with Gasteiger partial charge in [0, 0.05) is 19.8 Å². The smallest absolute Gasteiger partial charge is 0.378 e. The maximum absolute atomic E-state index is 13.4. The minimum atomic E-state index is -4.56. The third-order valence-corrected chi connectivity index (χ3v) is 4.33. The summed E-state index contributed by atoms with van der Waals surface area (Å²) in [4.78, 5) is 14.0. The van der Waals surface area contributed by atoms with E-state index in [2.05, 4.69) is 5.32 Å². The zero-order valence-electron chi connectivity index (χ0n) is 15.0. The summed E-state index contributed by atoms with van der Waals surface area (Å²) in [7, 11) is 3.32. The number of carbonyl (C=O) groups excluding carboxylic acids is 1. The van der Waals surface area contributed by atoms with E-state index in [1.54, 1.807) is 25.1 Å². The second-order valence-corrected chi connectivity index (χ2v) is 6.49. The van der Waals surface area contributed by atoms with Gasteiger partial charge in [-0.25, -0.2) is 0 Å². The fraction of sp³-hybridized carbons (Fsp3) is 0.190. The van der Waals surface area contributed by atoms with Crippen molar-refractivity contribution in [2.45, 2.75) is 12.6 Å². The molecule has 0 bridgehead atoms. The molecule has 0 saturated heterocycles. The Morgan fingerprint density at radius 2 is 1.70 bits per heavy atom. The first-order valence-electron chi connectivity index (χ1n) is 8.41. The highest BCUT2D eigenvalue weighted by Gasteiger charge is 2.34. The van der Waals surface area contributed by atoms with Gasteiger partial charge in [0.05, 0.1) is 17.7 Å². The summed E-state index contributed by atoms with van der Waals surface area (Å²) in [6.45, 7) is 0. The van der Waals surface area contributed by atoms with Crippen molar-refractivity contribution in [1.29, 1.82) is 0 Å². The van der Waals surface area contributed by atoms with Gasteiger partial charge in [0.15, 0.2) is 0 Å². The van der Waals surface area contributed by atoms with Gasteiger partial charge in [0.1, 0.15) is 0 Å². The Kier molecular flexibility index (Phi) is 5.08. The molecule has 0 aliphatic rings. The molecule has 0 spiro atoms. The average molecular weight is 372 g/mol. The van der Waals surface area contributed by atoms with Crippen LogP contribution in [0.4, 0.5) is 24.5 Å². The first-order valence-corrected chi connectivity index (χ1v) is 8.41. The van der Waals surface area contributed by atoms with Crippen LogP contribution in [0.15, 0.2) is 60.7 Å². The lowest BCUT2D eigenvalue weighted by Gasteiger charge is -2.19.